The largest absolute Gasteiger partial charge is 0.352 e. The minimum atomic E-state index is -0.0529. The first-order valence-corrected chi connectivity index (χ1v) is 9.88. The number of amides is 1. The molecule has 3 heterocycles. The molecule has 0 radical (unpaired) electrons. The lowest BCUT2D eigenvalue weighted by atomic mass is 9.92. The van der Waals surface area contributed by atoms with E-state index in [1.165, 1.54) is 0 Å². The van der Waals surface area contributed by atoms with Gasteiger partial charge in [-0.1, -0.05) is 18.2 Å². The maximum absolute atomic E-state index is 12.7. The topological polar surface area (TPSA) is 78.8 Å². The van der Waals surface area contributed by atoms with Crippen LogP contribution in [-0.2, 0) is 6.54 Å². The lowest BCUT2D eigenvalue weighted by Gasteiger charge is -2.31. The lowest BCUT2D eigenvalue weighted by molar-refractivity contribution is 0.0953. The fourth-order valence-electron chi connectivity index (χ4n) is 3.85. The van der Waals surface area contributed by atoms with Gasteiger partial charge in [-0.3, -0.25) is 9.69 Å². The number of nitrogens with one attached hydrogen (secondary N) is 2. The quantitative estimate of drug-likeness (QED) is 0.691. The Balaban J connectivity index is 1.61. The molecule has 0 aliphatic carbocycles. The van der Waals surface area contributed by atoms with E-state index in [1.807, 2.05) is 54.3 Å². The number of H-pyrrole nitrogens is 1. The molecule has 1 aliphatic heterocycles. The third kappa shape index (κ3) is 3.99. The summed E-state index contributed by atoms with van der Waals surface area (Å²) in [6, 6.07) is 9.94. The minimum Gasteiger partial charge on any atom is -0.352 e. The Labute approximate surface area is 164 Å². The van der Waals surface area contributed by atoms with E-state index < -0.39 is 0 Å². The van der Waals surface area contributed by atoms with Crippen LogP contribution in [0.3, 0.4) is 0 Å². The predicted octanol–water partition coefficient (Wildman–Crippen LogP) is 2.72. The highest BCUT2D eigenvalue weighted by Gasteiger charge is 2.28. The van der Waals surface area contributed by atoms with Gasteiger partial charge in [-0.15, -0.1) is 0 Å². The first-order chi connectivity index (χ1) is 13.7. The normalized spacial score (nSPS) is 17.5. The summed E-state index contributed by atoms with van der Waals surface area (Å²) in [5.74, 6) is 1.15. The summed E-state index contributed by atoms with van der Waals surface area (Å²) >= 11 is 0. The number of carbonyl (C=O) groups excluding carboxylic acids is 1. The standard InChI is InChI=1S/C21H26N6O/c1-2-22-21(28)18-14-27(17-8-4-3-5-9-17)25-20(18)16-7-6-12-26(13-16)15-19-23-10-11-24-19/h3-5,8-11,14,16H,2,6-7,12-13,15H2,1H3,(H,22,28)(H,23,24). The molecule has 1 unspecified atom stereocenters. The summed E-state index contributed by atoms with van der Waals surface area (Å²) in [6.07, 6.45) is 7.61. The number of nitrogens with zero attached hydrogens (tertiary/aromatic N) is 4. The van der Waals surface area contributed by atoms with E-state index >= 15 is 0 Å². The van der Waals surface area contributed by atoms with Crippen molar-refractivity contribution in [3.8, 4) is 5.69 Å². The lowest BCUT2D eigenvalue weighted by Crippen LogP contribution is -2.35. The summed E-state index contributed by atoms with van der Waals surface area (Å²) in [7, 11) is 0. The Bertz CT molecular complexity index is 902. The second kappa shape index (κ2) is 8.39. The van der Waals surface area contributed by atoms with Crippen LogP contribution in [0.25, 0.3) is 5.69 Å². The second-order valence-corrected chi connectivity index (χ2v) is 7.18. The molecule has 1 aliphatic rings. The molecule has 7 heteroatoms. The average molecular weight is 378 g/mol. The number of likely N-dealkylation sites (tertiary alicyclic amines) is 1. The van der Waals surface area contributed by atoms with Crippen molar-refractivity contribution in [1.29, 1.82) is 0 Å². The van der Waals surface area contributed by atoms with Gasteiger partial charge >= 0.3 is 0 Å². The summed E-state index contributed by atoms with van der Waals surface area (Å²) < 4.78 is 1.82. The van der Waals surface area contributed by atoms with Crippen LogP contribution in [-0.4, -0.2) is 50.2 Å². The molecule has 28 heavy (non-hydrogen) atoms. The number of aromatic nitrogens is 4. The molecule has 1 saturated heterocycles. The molecule has 0 bridgehead atoms. The van der Waals surface area contributed by atoms with Crippen LogP contribution in [0.4, 0.5) is 0 Å². The highest BCUT2D eigenvalue weighted by molar-refractivity contribution is 5.95. The van der Waals surface area contributed by atoms with Gasteiger partial charge in [0, 0.05) is 37.6 Å². The molecular formula is C21H26N6O. The smallest absolute Gasteiger partial charge is 0.254 e. The molecule has 0 saturated carbocycles. The highest BCUT2D eigenvalue weighted by atomic mass is 16.1. The van der Waals surface area contributed by atoms with Gasteiger partial charge in [0.25, 0.3) is 5.91 Å². The number of hydrogen-bond donors (Lipinski definition) is 2. The van der Waals surface area contributed by atoms with Gasteiger partial charge in [-0.05, 0) is 38.4 Å². The fourth-order valence-corrected chi connectivity index (χ4v) is 3.85. The van der Waals surface area contributed by atoms with E-state index in [0.717, 1.165) is 49.7 Å². The Morgan fingerprint density at radius 2 is 2.18 bits per heavy atom. The van der Waals surface area contributed by atoms with Crippen molar-refractivity contribution in [3.63, 3.8) is 0 Å². The van der Waals surface area contributed by atoms with E-state index in [0.29, 0.717) is 12.1 Å². The molecule has 2 N–H and O–H groups in total. The fraction of sp³-hybridized carbons (Fsp3) is 0.381. The van der Waals surface area contributed by atoms with Crippen molar-refractivity contribution in [3.05, 3.63) is 66.0 Å². The van der Waals surface area contributed by atoms with Crippen LogP contribution in [0.5, 0.6) is 0 Å². The van der Waals surface area contributed by atoms with Crippen molar-refractivity contribution in [2.45, 2.75) is 32.2 Å². The molecule has 2 aromatic heterocycles. The number of piperidine rings is 1. The SMILES string of the molecule is CCNC(=O)c1cn(-c2ccccc2)nc1C1CCCN(Cc2ncc[nH]2)C1. The van der Waals surface area contributed by atoms with E-state index in [2.05, 4.69) is 20.2 Å². The number of rotatable bonds is 6. The van der Waals surface area contributed by atoms with Gasteiger partial charge < -0.3 is 10.3 Å². The molecular weight excluding hydrogens is 352 g/mol. The molecule has 1 fully saturated rings. The van der Waals surface area contributed by atoms with E-state index in [4.69, 9.17) is 5.10 Å². The molecule has 146 valence electrons. The van der Waals surface area contributed by atoms with Gasteiger partial charge in [0.2, 0.25) is 0 Å². The molecule has 1 amide bonds. The zero-order chi connectivity index (χ0) is 19.3. The zero-order valence-electron chi connectivity index (χ0n) is 16.1. The van der Waals surface area contributed by atoms with Crippen LogP contribution in [0.1, 0.15) is 47.6 Å². The molecule has 3 aromatic rings. The number of imidazole rings is 1. The second-order valence-electron chi connectivity index (χ2n) is 7.18. The van der Waals surface area contributed by atoms with Gasteiger partial charge in [-0.25, -0.2) is 9.67 Å². The van der Waals surface area contributed by atoms with Crippen molar-refractivity contribution in [1.82, 2.24) is 30.0 Å². The van der Waals surface area contributed by atoms with E-state index in [-0.39, 0.29) is 11.8 Å². The minimum absolute atomic E-state index is 0.0529. The van der Waals surface area contributed by atoms with Crippen LogP contribution in [0.2, 0.25) is 0 Å². The molecule has 0 spiro atoms. The van der Waals surface area contributed by atoms with Crippen LogP contribution >= 0.6 is 0 Å². The molecule has 7 nitrogen and oxygen atoms in total. The van der Waals surface area contributed by atoms with Gasteiger partial charge in [0.05, 0.1) is 23.5 Å². The summed E-state index contributed by atoms with van der Waals surface area (Å²) in [4.78, 5) is 22.6. The molecule has 4 rings (SSSR count). The van der Waals surface area contributed by atoms with Gasteiger partial charge in [-0.2, -0.15) is 5.10 Å². The zero-order valence-corrected chi connectivity index (χ0v) is 16.1. The predicted molar refractivity (Wildman–Crippen MR) is 107 cm³/mol. The number of aromatic amines is 1. The Kier molecular flexibility index (Phi) is 5.53. The summed E-state index contributed by atoms with van der Waals surface area (Å²) in [5.41, 5.74) is 2.53. The van der Waals surface area contributed by atoms with Crippen LogP contribution in [0.15, 0.2) is 48.9 Å². The Morgan fingerprint density at radius 3 is 2.93 bits per heavy atom. The monoisotopic (exact) mass is 378 g/mol. The third-order valence-corrected chi connectivity index (χ3v) is 5.17. The number of para-hydroxylation sites is 1. The van der Waals surface area contributed by atoms with E-state index in [9.17, 15) is 4.79 Å². The third-order valence-electron chi connectivity index (χ3n) is 5.17. The first kappa shape index (κ1) is 18.4. The van der Waals surface area contributed by atoms with Crippen LogP contribution in [0, 0.1) is 0 Å². The van der Waals surface area contributed by atoms with Crippen LogP contribution < -0.4 is 5.32 Å². The summed E-state index contributed by atoms with van der Waals surface area (Å²) in [6.45, 7) is 5.24. The Hall–Kier alpha value is -2.93. The number of hydrogen-bond acceptors (Lipinski definition) is 4. The maximum atomic E-state index is 12.7. The van der Waals surface area contributed by atoms with E-state index in [1.54, 1.807) is 6.20 Å². The number of benzene rings is 1. The summed E-state index contributed by atoms with van der Waals surface area (Å²) in [5, 5.41) is 7.78. The number of carbonyl (C=O) groups is 1. The van der Waals surface area contributed by atoms with Crippen molar-refractivity contribution in [2.24, 2.45) is 0 Å². The molecule has 1 aromatic carbocycles. The highest BCUT2D eigenvalue weighted by Crippen LogP contribution is 2.29. The first-order valence-electron chi connectivity index (χ1n) is 9.88. The molecule has 1 atom stereocenters. The van der Waals surface area contributed by atoms with Gasteiger partial charge in [0.15, 0.2) is 0 Å². The maximum Gasteiger partial charge on any atom is 0.254 e. The Morgan fingerprint density at radius 1 is 1.32 bits per heavy atom. The van der Waals surface area contributed by atoms with Gasteiger partial charge in [0.1, 0.15) is 5.82 Å². The van der Waals surface area contributed by atoms with Crippen molar-refractivity contribution < 1.29 is 4.79 Å². The van der Waals surface area contributed by atoms with Crippen molar-refractivity contribution in [2.75, 3.05) is 19.6 Å². The average Bonchev–Trinajstić information content (AvgIpc) is 3.39. The van der Waals surface area contributed by atoms with Crippen molar-refractivity contribution >= 4 is 5.91 Å².